The number of aliphatic hydroxyl groups excluding tert-OH is 1. The Morgan fingerprint density at radius 3 is 2.14 bits per heavy atom. The second-order valence-electron chi connectivity index (χ2n) is 6.18. The molecule has 0 aliphatic heterocycles. The van der Waals surface area contributed by atoms with Crippen LogP contribution in [0.25, 0.3) is 10.8 Å². The molecular formula is C23H22O5. The maximum Gasteiger partial charge on any atom is 0.330 e. The number of carbonyl (C=O) groups excluding carboxylic acids is 1. The van der Waals surface area contributed by atoms with E-state index in [0.717, 1.165) is 28.2 Å². The number of ether oxygens (including phenoxy) is 3. The number of hydrogen-bond donors (Lipinski definition) is 1. The zero-order chi connectivity index (χ0) is 19.8. The third-order valence-electron chi connectivity index (χ3n) is 4.10. The largest absolute Gasteiger partial charge is 0.490 e. The van der Waals surface area contributed by atoms with Crippen molar-refractivity contribution in [3.63, 3.8) is 0 Å². The van der Waals surface area contributed by atoms with Crippen LogP contribution in [0.3, 0.4) is 0 Å². The molecule has 5 nitrogen and oxygen atoms in total. The summed E-state index contributed by atoms with van der Waals surface area (Å²) in [6.45, 7) is 3.63. The van der Waals surface area contributed by atoms with Gasteiger partial charge in [-0.3, -0.25) is 0 Å². The van der Waals surface area contributed by atoms with E-state index in [4.69, 9.17) is 14.2 Å². The molecule has 0 radical (unpaired) electrons. The molecule has 1 atom stereocenters. The lowest BCUT2D eigenvalue weighted by molar-refractivity contribution is -0.141. The fourth-order valence-corrected chi connectivity index (χ4v) is 2.70. The Bertz CT molecular complexity index is 936. The van der Waals surface area contributed by atoms with Crippen LogP contribution in [0.15, 0.2) is 79.4 Å². The summed E-state index contributed by atoms with van der Waals surface area (Å²) in [4.78, 5) is 11.1. The summed E-state index contributed by atoms with van der Waals surface area (Å²) in [6, 6.07) is 21.4. The van der Waals surface area contributed by atoms with Crippen molar-refractivity contribution >= 4 is 16.7 Å². The third kappa shape index (κ3) is 5.11. The maximum atomic E-state index is 11.1. The standard InChI is InChI=1S/C23H22O5/c1-2-23(25)28-16-18(24)15-27-22-13-12-21(19-10-6-7-11-20(19)22)26-14-17-8-4-3-5-9-17/h2-13,18,24H,1,14-16H2. The van der Waals surface area contributed by atoms with Crippen molar-refractivity contribution in [2.75, 3.05) is 13.2 Å². The van der Waals surface area contributed by atoms with Gasteiger partial charge >= 0.3 is 5.97 Å². The van der Waals surface area contributed by atoms with Crippen LogP contribution >= 0.6 is 0 Å². The fraction of sp³-hybridized carbons (Fsp3) is 0.174. The van der Waals surface area contributed by atoms with Crippen molar-refractivity contribution in [1.82, 2.24) is 0 Å². The van der Waals surface area contributed by atoms with Crippen LogP contribution in [0.4, 0.5) is 0 Å². The van der Waals surface area contributed by atoms with E-state index in [1.807, 2.05) is 66.7 Å². The van der Waals surface area contributed by atoms with Gasteiger partial charge < -0.3 is 19.3 Å². The van der Waals surface area contributed by atoms with Crippen LogP contribution in [0.5, 0.6) is 11.5 Å². The first kappa shape index (κ1) is 19.5. The zero-order valence-corrected chi connectivity index (χ0v) is 15.4. The normalized spacial score (nSPS) is 11.6. The van der Waals surface area contributed by atoms with Gasteiger partial charge in [0.15, 0.2) is 0 Å². The predicted octanol–water partition coefficient (Wildman–Crippen LogP) is 3.89. The minimum atomic E-state index is -0.934. The third-order valence-corrected chi connectivity index (χ3v) is 4.10. The van der Waals surface area contributed by atoms with E-state index in [0.29, 0.717) is 12.4 Å². The Labute approximate surface area is 163 Å². The molecule has 0 aliphatic carbocycles. The van der Waals surface area contributed by atoms with Gasteiger partial charge in [0.25, 0.3) is 0 Å². The molecule has 28 heavy (non-hydrogen) atoms. The van der Waals surface area contributed by atoms with Gasteiger partial charge in [0.05, 0.1) is 0 Å². The molecule has 0 saturated carbocycles. The van der Waals surface area contributed by atoms with Crippen molar-refractivity contribution in [3.05, 3.63) is 84.9 Å². The predicted molar refractivity (Wildman–Crippen MR) is 107 cm³/mol. The van der Waals surface area contributed by atoms with Gasteiger partial charge in [-0.15, -0.1) is 0 Å². The molecule has 0 aromatic heterocycles. The van der Waals surface area contributed by atoms with Crippen LogP contribution in [0.1, 0.15) is 5.56 Å². The highest BCUT2D eigenvalue weighted by molar-refractivity contribution is 5.93. The minimum absolute atomic E-state index is 0.00135. The first-order chi connectivity index (χ1) is 13.7. The number of esters is 1. The Hall–Kier alpha value is -3.31. The molecule has 3 rings (SSSR count). The Morgan fingerprint density at radius 1 is 0.893 bits per heavy atom. The molecule has 0 aliphatic rings. The highest BCUT2D eigenvalue weighted by Crippen LogP contribution is 2.33. The summed E-state index contributed by atoms with van der Waals surface area (Å²) in [6.07, 6.45) is 0.117. The second kappa shape index (κ2) is 9.58. The van der Waals surface area contributed by atoms with E-state index in [2.05, 4.69) is 6.58 Å². The van der Waals surface area contributed by atoms with Gasteiger partial charge in [0.2, 0.25) is 0 Å². The number of carbonyl (C=O) groups is 1. The minimum Gasteiger partial charge on any atom is -0.490 e. The van der Waals surface area contributed by atoms with Crippen molar-refractivity contribution in [2.45, 2.75) is 12.7 Å². The molecule has 1 unspecified atom stereocenters. The van der Waals surface area contributed by atoms with E-state index in [1.165, 1.54) is 0 Å². The van der Waals surface area contributed by atoms with Gasteiger partial charge in [0.1, 0.15) is 37.4 Å². The topological polar surface area (TPSA) is 65.0 Å². The summed E-state index contributed by atoms with van der Waals surface area (Å²) in [5.74, 6) is 0.799. The van der Waals surface area contributed by atoms with Crippen molar-refractivity contribution in [3.8, 4) is 11.5 Å². The Kier molecular flexibility index (Phi) is 6.65. The lowest BCUT2D eigenvalue weighted by Crippen LogP contribution is -2.24. The van der Waals surface area contributed by atoms with E-state index >= 15 is 0 Å². The SMILES string of the molecule is C=CC(=O)OCC(O)COc1ccc(OCc2ccccc2)c2ccccc12. The molecule has 0 fully saturated rings. The summed E-state index contributed by atoms with van der Waals surface area (Å²) in [7, 11) is 0. The monoisotopic (exact) mass is 378 g/mol. The first-order valence-electron chi connectivity index (χ1n) is 8.96. The second-order valence-corrected chi connectivity index (χ2v) is 6.18. The average Bonchev–Trinajstić information content (AvgIpc) is 2.75. The molecular weight excluding hydrogens is 356 g/mol. The van der Waals surface area contributed by atoms with Crippen LogP contribution in [-0.2, 0) is 16.1 Å². The van der Waals surface area contributed by atoms with Crippen molar-refractivity contribution in [1.29, 1.82) is 0 Å². The lowest BCUT2D eigenvalue weighted by Gasteiger charge is -2.16. The molecule has 0 spiro atoms. The smallest absolute Gasteiger partial charge is 0.330 e. The van der Waals surface area contributed by atoms with Crippen LogP contribution in [0.2, 0.25) is 0 Å². The summed E-state index contributed by atoms with van der Waals surface area (Å²) in [5.41, 5.74) is 1.09. The van der Waals surface area contributed by atoms with Crippen LogP contribution in [0, 0.1) is 0 Å². The van der Waals surface area contributed by atoms with Crippen LogP contribution < -0.4 is 9.47 Å². The summed E-state index contributed by atoms with van der Waals surface area (Å²) in [5, 5.41) is 11.7. The highest BCUT2D eigenvalue weighted by atomic mass is 16.5. The van der Waals surface area contributed by atoms with E-state index in [-0.39, 0.29) is 13.2 Å². The molecule has 1 N–H and O–H groups in total. The quantitative estimate of drug-likeness (QED) is 0.452. The molecule has 3 aromatic rings. The van der Waals surface area contributed by atoms with Gasteiger partial charge in [0, 0.05) is 16.8 Å². The number of benzene rings is 3. The van der Waals surface area contributed by atoms with Gasteiger partial charge in [-0.05, 0) is 17.7 Å². The fourth-order valence-electron chi connectivity index (χ4n) is 2.70. The van der Waals surface area contributed by atoms with Crippen molar-refractivity contribution < 1.29 is 24.1 Å². The van der Waals surface area contributed by atoms with Gasteiger partial charge in [-0.2, -0.15) is 0 Å². The maximum absolute atomic E-state index is 11.1. The Balaban J connectivity index is 1.69. The molecule has 0 heterocycles. The highest BCUT2D eigenvalue weighted by Gasteiger charge is 2.12. The first-order valence-corrected chi connectivity index (χ1v) is 8.96. The van der Waals surface area contributed by atoms with E-state index in [1.54, 1.807) is 0 Å². The van der Waals surface area contributed by atoms with E-state index in [9.17, 15) is 9.90 Å². The molecule has 0 amide bonds. The molecule has 144 valence electrons. The number of hydrogen-bond acceptors (Lipinski definition) is 5. The number of fused-ring (bicyclic) bond motifs is 1. The lowest BCUT2D eigenvalue weighted by atomic mass is 10.1. The van der Waals surface area contributed by atoms with Crippen LogP contribution in [-0.4, -0.2) is 30.4 Å². The molecule has 0 saturated heterocycles. The molecule has 3 aromatic carbocycles. The molecule has 0 bridgehead atoms. The summed E-state index contributed by atoms with van der Waals surface area (Å²) < 4.78 is 16.5. The van der Waals surface area contributed by atoms with Gasteiger partial charge in [-0.1, -0.05) is 61.2 Å². The zero-order valence-electron chi connectivity index (χ0n) is 15.4. The summed E-state index contributed by atoms with van der Waals surface area (Å²) >= 11 is 0. The number of rotatable bonds is 9. The van der Waals surface area contributed by atoms with Crippen molar-refractivity contribution in [2.24, 2.45) is 0 Å². The average molecular weight is 378 g/mol. The number of aliphatic hydroxyl groups is 1. The van der Waals surface area contributed by atoms with E-state index < -0.39 is 12.1 Å². The Morgan fingerprint density at radius 2 is 1.50 bits per heavy atom. The molecule has 5 heteroatoms. The van der Waals surface area contributed by atoms with Gasteiger partial charge in [-0.25, -0.2) is 4.79 Å².